The Morgan fingerprint density at radius 1 is 1.37 bits per heavy atom. The highest BCUT2D eigenvalue weighted by atomic mass is 16.6. The van der Waals surface area contributed by atoms with Crippen molar-refractivity contribution in [2.24, 2.45) is 0 Å². The highest BCUT2D eigenvalue weighted by molar-refractivity contribution is 5.92. The molecule has 0 fully saturated rings. The standard InChI is InChI=1S/C13H12N2O4/c1-18-12(16)11(7-8-14)15-13(17)19-9-10-5-3-2-4-6-10/h2-7H,9H2,1H3,(H,15,17)/b11-7+. The number of nitrogens with one attached hydrogen (secondary N) is 1. The molecule has 6 heteroatoms. The van der Waals surface area contributed by atoms with Gasteiger partial charge in [0.25, 0.3) is 0 Å². The number of benzene rings is 1. The van der Waals surface area contributed by atoms with E-state index >= 15 is 0 Å². The van der Waals surface area contributed by atoms with E-state index in [1.54, 1.807) is 18.2 Å². The van der Waals surface area contributed by atoms with Crippen LogP contribution in [0.1, 0.15) is 5.56 Å². The maximum absolute atomic E-state index is 11.4. The van der Waals surface area contributed by atoms with E-state index in [1.165, 1.54) is 0 Å². The summed E-state index contributed by atoms with van der Waals surface area (Å²) in [6.07, 6.45) is 0.0334. The van der Waals surface area contributed by atoms with Gasteiger partial charge in [-0.15, -0.1) is 0 Å². The van der Waals surface area contributed by atoms with Crippen LogP contribution >= 0.6 is 0 Å². The van der Waals surface area contributed by atoms with Crippen LogP contribution in [0.4, 0.5) is 4.79 Å². The summed E-state index contributed by atoms with van der Waals surface area (Å²) in [6, 6.07) is 10.7. The molecule has 0 spiro atoms. The number of hydrogen-bond acceptors (Lipinski definition) is 5. The summed E-state index contributed by atoms with van der Waals surface area (Å²) >= 11 is 0. The molecule has 19 heavy (non-hydrogen) atoms. The molecule has 1 aromatic carbocycles. The Bertz CT molecular complexity index is 517. The van der Waals surface area contributed by atoms with E-state index < -0.39 is 12.1 Å². The zero-order valence-corrected chi connectivity index (χ0v) is 10.3. The van der Waals surface area contributed by atoms with Crippen LogP contribution in [0.5, 0.6) is 0 Å². The molecular formula is C13H12N2O4. The molecular weight excluding hydrogens is 248 g/mol. The second kappa shape index (κ2) is 7.50. The van der Waals surface area contributed by atoms with E-state index in [2.05, 4.69) is 10.1 Å². The molecule has 0 saturated heterocycles. The van der Waals surface area contributed by atoms with Crippen molar-refractivity contribution in [3.8, 4) is 6.07 Å². The van der Waals surface area contributed by atoms with Gasteiger partial charge in [0.15, 0.2) is 0 Å². The van der Waals surface area contributed by atoms with E-state index in [0.717, 1.165) is 18.7 Å². The Hall–Kier alpha value is -2.81. The third-order valence-corrected chi connectivity index (χ3v) is 2.06. The summed E-state index contributed by atoms with van der Waals surface area (Å²) in [4.78, 5) is 22.6. The number of methoxy groups -OCH3 is 1. The van der Waals surface area contributed by atoms with Crippen molar-refractivity contribution in [2.45, 2.75) is 6.61 Å². The van der Waals surface area contributed by atoms with Gasteiger partial charge < -0.3 is 9.47 Å². The van der Waals surface area contributed by atoms with Gasteiger partial charge in [-0.2, -0.15) is 5.26 Å². The predicted octanol–water partition coefficient (Wildman–Crippen LogP) is 1.49. The van der Waals surface area contributed by atoms with Crippen LogP contribution in [0, 0.1) is 11.3 Å². The minimum absolute atomic E-state index is 0.0632. The largest absolute Gasteiger partial charge is 0.464 e. The summed E-state index contributed by atoms with van der Waals surface area (Å²) < 4.78 is 9.29. The molecule has 0 heterocycles. The number of alkyl carbamates (subject to hydrolysis) is 1. The highest BCUT2D eigenvalue weighted by Gasteiger charge is 2.13. The Labute approximate surface area is 110 Å². The van der Waals surface area contributed by atoms with Crippen molar-refractivity contribution >= 4 is 12.1 Å². The van der Waals surface area contributed by atoms with Gasteiger partial charge >= 0.3 is 12.1 Å². The van der Waals surface area contributed by atoms with E-state index in [0.29, 0.717) is 0 Å². The topological polar surface area (TPSA) is 88.4 Å². The van der Waals surface area contributed by atoms with Crippen molar-refractivity contribution < 1.29 is 19.1 Å². The van der Waals surface area contributed by atoms with Crippen LogP contribution in [0.15, 0.2) is 42.1 Å². The molecule has 0 aliphatic rings. The van der Waals surface area contributed by atoms with Crippen molar-refractivity contribution in [3.63, 3.8) is 0 Å². The van der Waals surface area contributed by atoms with E-state index in [9.17, 15) is 9.59 Å². The van der Waals surface area contributed by atoms with Crippen molar-refractivity contribution in [1.82, 2.24) is 5.32 Å². The second-order valence-electron chi connectivity index (χ2n) is 3.37. The molecule has 6 nitrogen and oxygen atoms in total. The molecule has 0 aromatic heterocycles. The molecule has 1 rings (SSSR count). The lowest BCUT2D eigenvalue weighted by atomic mass is 10.2. The Morgan fingerprint density at radius 3 is 2.63 bits per heavy atom. The van der Waals surface area contributed by atoms with Gasteiger partial charge in [-0.25, -0.2) is 9.59 Å². The third kappa shape index (κ3) is 4.91. The fraction of sp³-hybridized carbons (Fsp3) is 0.154. The fourth-order valence-electron chi connectivity index (χ4n) is 1.19. The summed E-state index contributed by atoms with van der Waals surface area (Å²) in [5, 5.41) is 10.6. The smallest absolute Gasteiger partial charge is 0.412 e. The van der Waals surface area contributed by atoms with Gasteiger partial charge in [0.05, 0.1) is 13.2 Å². The number of rotatable bonds is 4. The number of carbonyl (C=O) groups excluding carboxylic acids is 2. The van der Waals surface area contributed by atoms with E-state index in [4.69, 9.17) is 10.00 Å². The van der Waals surface area contributed by atoms with E-state index in [1.807, 2.05) is 18.2 Å². The number of hydrogen-bond donors (Lipinski definition) is 1. The molecule has 98 valence electrons. The number of nitrogens with zero attached hydrogens (tertiary/aromatic N) is 1. The first-order chi connectivity index (χ1) is 9.17. The first-order valence-electron chi connectivity index (χ1n) is 5.33. The minimum atomic E-state index is -0.837. The van der Waals surface area contributed by atoms with Gasteiger partial charge in [-0.3, -0.25) is 5.32 Å². The minimum Gasteiger partial charge on any atom is -0.464 e. The number of amides is 1. The second-order valence-corrected chi connectivity index (χ2v) is 3.37. The maximum Gasteiger partial charge on any atom is 0.412 e. The van der Waals surface area contributed by atoms with Crippen molar-refractivity contribution in [3.05, 3.63) is 47.7 Å². The molecule has 0 aliphatic carbocycles. The van der Waals surface area contributed by atoms with Crippen LogP contribution in [-0.4, -0.2) is 19.2 Å². The normalized spacial score (nSPS) is 10.2. The van der Waals surface area contributed by atoms with Crippen molar-refractivity contribution in [2.75, 3.05) is 7.11 Å². The Morgan fingerprint density at radius 2 is 2.05 bits per heavy atom. The first-order valence-corrected chi connectivity index (χ1v) is 5.33. The molecule has 1 aromatic rings. The van der Waals surface area contributed by atoms with Crippen LogP contribution in [-0.2, 0) is 20.9 Å². The molecule has 1 amide bonds. The maximum atomic E-state index is 11.4. The molecule has 0 saturated carbocycles. The quantitative estimate of drug-likeness (QED) is 0.503. The predicted molar refractivity (Wildman–Crippen MR) is 65.5 cm³/mol. The molecule has 0 unspecified atom stereocenters. The van der Waals surface area contributed by atoms with Crippen LogP contribution in [0.3, 0.4) is 0 Å². The highest BCUT2D eigenvalue weighted by Crippen LogP contribution is 2.01. The number of esters is 1. The van der Waals surface area contributed by atoms with Crippen LogP contribution in [0.2, 0.25) is 0 Å². The molecule has 0 atom stereocenters. The Kier molecular flexibility index (Phi) is 5.63. The SMILES string of the molecule is COC(=O)/C(=C\C#N)NC(=O)OCc1ccccc1. The average molecular weight is 260 g/mol. The fourth-order valence-corrected chi connectivity index (χ4v) is 1.19. The summed E-state index contributed by atoms with van der Waals surface area (Å²) in [5.74, 6) is -0.821. The molecule has 0 radical (unpaired) electrons. The van der Waals surface area contributed by atoms with Gasteiger partial charge in [-0.05, 0) is 5.56 Å². The summed E-state index contributed by atoms with van der Waals surface area (Å²) in [5.41, 5.74) is 0.532. The zero-order valence-electron chi connectivity index (χ0n) is 10.3. The zero-order chi connectivity index (χ0) is 14.1. The lowest BCUT2D eigenvalue weighted by Gasteiger charge is -2.08. The molecule has 1 N–H and O–H groups in total. The van der Waals surface area contributed by atoms with Crippen molar-refractivity contribution in [1.29, 1.82) is 5.26 Å². The van der Waals surface area contributed by atoms with Crippen LogP contribution < -0.4 is 5.32 Å². The van der Waals surface area contributed by atoms with E-state index in [-0.39, 0.29) is 12.3 Å². The lowest BCUT2D eigenvalue weighted by Crippen LogP contribution is -2.28. The van der Waals surface area contributed by atoms with Gasteiger partial charge in [0.1, 0.15) is 12.3 Å². The van der Waals surface area contributed by atoms with Gasteiger partial charge in [0.2, 0.25) is 0 Å². The molecule has 0 aliphatic heterocycles. The monoisotopic (exact) mass is 260 g/mol. The number of allylic oxidation sites excluding steroid dienone is 1. The first kappa shape index (κ1) is 14.3. The van der Waals surface area contributed by atoms with Crippen LogP contribution in [0.25, 0.3) is 0 Å². The summed E-state index contributed by atoms with van der Waals surface area (Å²) in [6.45, 7) is 0.0632. The number of carbonyl (C=O) groups is 2. The third-order valence-electron chi connectivity index (χ3n) is 2.06. The summed E-state index contributed by atoms with van der Waals surface area (Å²) in [7, 11) is 1.14. The lowest BCUT2D eigenvalue weighted by molar-refractivity contribution is -0.136. The van der Waals surface area contributed by atoms with Gasteiger partial charge in [0, 0.05) is 6.08 Å². The average Bonchev–Trinajstić information content (AvgIpc) is 2.45. The number of ether oxygens (including phenoxy) is 2. The molecule has 0 bridgehead atoms. The van der Waals surface area contributed by atoms with Gasteiger partial charge in [-0.1, -0.05) is 30.3 Å². The number of nitriles is 1. The Balaban J connectivity index is 2.53.